The predicted molar refractivity (Wildman–Crippen MR) is 110 cm³/mol. The number of aryl methyl sites for hydroxylation is 2. The lowest BCUT2D eigenvalue weighted by Gasteiger charge is -2.35. The molecule has 0 N–H and O–H groups in total. The predicted octanol–water partition coefficient (Wildman–Crippen LogP) is 3.51. The summed E-state index contributed by atoms with van der Waals surface area (Å²) in [5.41, 5.74) is 2.81. The van der Waals surface area contributed by atoms with Gasteiger partial charge in [0.25, 0.3) is 0 Å². The van der Waals surface area contributed by atoms with Crippen molar-refractivity contribution in [2.75, 3.05) is 31.1 Å². The van der Waals surface area contributed by atoms with Gasteiger partial charge in [-0.2, -0.15) is 4.31 Å². The molecule has 6 heteroatoms. The average Bonchev–Trinajstić information content (AvgIpc) is 2.61. The molecule has 146 valence electrons. The number of sulfonamides is 1. The molecule has 1 aliphatic heterocycles. The minimum atomic E-state index is -3.50. The molecule has 3 rings (SSSR count). The molecule has 2 aromatic rings. The van der Waals surface area contributed by atoms with Crippen LogP contribution < -0.4 is 4.90 Å². The second kappa shape index (κ2) is 7.24. The van der Waals surface area contributed by atoms with E-state index in [1.165, 1.54) is 0 Å². The van der Waals surface area contributed by atoms with Crippen molar-refractivity contribution >= 4 is 15.8 Å². The van der Waals surface area contributed by atoms with Crippen molar-refractivity contribution in [3.63, 3.8) is 0 Å². The molecule has 2 heterocycles. The van der Waals surface area contributed by atoms with Crippen molar-refractivity contribution in [3.8, 4) is 0 Å². The Hall–Kier alpha value is -1.92. The van der Waals surface area contributed by atoms with Gasteiger partial charge < -0.3 is 4.90 Å². The minimum absolute atomic E-state index is 0.00782. The molecule has 0 saturated carbocycles. The monoisotopic (exact) mass is 387 g/mol. The Morgan fingerprint density at radius 1 is 0.963 bits per heavy atom. The van der Waals surface area contributed by atoms with Gasteiger partial charge in [-0.25, -0.2) is 13.4 Å². The molecule has 0 atom stereocenters. The molecule has 1 fully saturated rings. The van der Waals surface area contributed by atoms with E-state index in [0.29, 0.717) is 31.1 Å². The topological polar surface area (TPSA) is 53.5 Å². The first kappa shape index (κ1) is 19.8. The maximum atomic E-state index is 13.3. The number of pyridine rings is 1. The number of hydrogen-bond acceptors (Lipinski definition) is 4. The Morgan fingerprint density at radius 3 is 2.04 bits per heavy atom. The van der Waals surface area contributed by atoms with Crippen LogP contribution in [0.3, 0.4) is 0 Å². The Bertz CT molecular complexity index is 887. The van der Waals surface area contributed by atoms with Gasteiger partial charge in [0.05, 0.1) is 4.90 Å². The van der Waals surface area contributed by atoms with E-state index in [1.54, 1.807) is 10.5 Å². The maximum Gasteiger partial charge on any atom is 0.243 e. The zero-order valence-electron chi connectivity index (χ0n) is 16.9. The van der Waals surface area contributed by atoms with Crippen LogP contribution in [0.25, 0.3) is 0 Å². The summed E-state index contributed by atoms with van der Waals surface area (Å²) in [4.78, 5) is 6.96. The fourth-order valence-electron chi connectivity index (χ4n) is 3.62. The first-order valence-electron chi connectivity index (χ1n) is 9.38. The summed E-state index contributed by atoms with van der Waals surface area (Å²) in [6, 6.07) is 9.84. The van der Waals surface area contributed by atoms with Gasteiger partial charge in [0.2, 0.25) is 10.0 Å². The summed E-state index contributed by atoms with van der Waals surface area (Å²) in [6.45, 7) is 12.5. The third-order valence-corrected chi connectivity index (χ3v) is 7.34. The van der Waals surface area contributed by atoms with Crippen LogP contribution in [0, 0.1) is 13.8 Å². The maximum absolute atomic E-state index is 13.3. The highest BCUT2D eigenvalue weighted by molar-refractivity contribution is 7.89. The van der Waals surface area contributed by atoms with Gasteiger partial charge in [0.15, 0.2) is 0 Å². The quantitative estimate of drug-likeness (QED) is 0.809. The van der Waals surface area contributed by atoms with E-state index in [2.05, 4.69) is 30.7 Å². The lowest BCUT2D eigenvalue weighted by atomic mass is 9.85. The highest BCUT2D eigenvalue weighted by Crippen LogP contribution is 2.31. The molecule has 0 spiro atoms. The van der Waals surface area contributed by atoms with Gasteiger partial charge >= 0.3 is 0 Å². The summed E-state index contributed by atoms with van der Waals surface area (Å²) in [5, 5.41) is 0. The molecule has 1 aliphatic rings. The van der Waals surface area contributed by atoms with E-state index in [1.807, 2.05) is 44.2 Å². The number of hydrogen-bond donors (Lipinski definition) is 0. The van der Waals surface area contributed by atoms with Crippen LogP contribution in [0.5, 0.6) is 0 Å². The van der Waals surface area contributed by atoms with Crippen LogP contribution in [0.1, 0.15) is 37.5 Å². The van der Waals surface area contributed by atoms with E-state index < -0.39 is 10.0 Å². The molecule has 1 saturated heterocycles. The second-order valence-electron chi connectivity index (χ2n) is 8.27. The van der Waals surface area contributed by atoms with E-state index in [-0.39, 0.29) is 5.41 Å². The van der Waals surface area contributed by atoms with Crippen molar-refractivity contribution in [2.45, 2.75) is 44.9 Å². The molecule has 1 aromatic carbocycles. The summed E-state index contributed by atoms with van der Waals surface area (Å²) in [6.07, 6.45) is 1.77. The fourth-order valence-corrected chi connectivity index (χ4v) is 5.45. The van der Waals surface area contributed by atoms with E-state index >= 15 is 0 Å². The van der Waals surface area contributed by atoms with Crippen molar-refractivity contribution in [1.29, 1.82) is 0 Å². The van der Waals surface area contributed by atoms with Crippen LogP contribution in [-0.4, -0.2) is 43.9 Å². The van der Waals surface area contributed by atoms with Gasteiger partial charge in [-0.15, -0.1) is 0 Å². The number of nitrogens with zero attached hydrogens (tertiary/aromatic N) is 3. The highest BCUT2D eigenvalue weighted by atomic mass is 32.2. The lowest BCUT2D eigenvalue weighted by Crippen LogP contribution is -2.49. The normalized spacial score (nSPS) is 16.6. The zero-order valence-corrected chi connectivity index (χ0v) is 17.7. The number of piperazine rings is 1. The highest BCUT2D eigenvalue weighted by Gasteiger charge is 2.32. The second-order valence-corrected chi connectivity index (χ2v) is 10.1. The SMILES string of the molecule is Cc1cc(C(C)(C)C)cc(C)c1S(=O)(=O)N1CCN(c2ccccn2)CC1. The van der Waals surface area contributed by atoms with Crippen LogP contribution in [0.4, 0.5) is 5.82 Å². The summed E-state index contributed by atoms with van der Waals surface area (Å²) in [5.74, 6) is 0.899. The molecule has 0 radical (unpaired) electrons. The van der Waals surface area contributed by atoms with Crippen molar-refractivity contribution in [2.24, 2.45) is 0 Å². The first-order chi connectivity index (χ1) is 12.6. The van der Waals surface area contributed by atoms with E-state index in [4.69, 9.17) is 0 Å². The average molecular weight is 388 g/mol. The molecule has 1 aromatic heterocycles. The Balaban J connectivity index is 1.84. The van der Waals surface area contributed by atoms with E-state index in [0.717, 1.165) is 22.5 Å². The molecular weight excluding hydrogens is 358 g/mol. The van der Waals surface area contributed by atoms with Gasteiger partial charge in [-0.3, -0.25) is 0 Å². The smallest absolute Gasteiger partial charge is 0.243 e. The Morgan fingerprint density at radius 2 is 1.56 bits per heavy atom. The largest absolute Gasteiger partial charge is 0.354 e. The van der Waals surface area contributed by atoms with Crippen LogP contribution in [0.15, 0.2) is 41.4 Å². The Kier molecular flexibility index (Phi) is 5.32. The summed E-state index contributed by atoms with van der Waals surface area (Å²) < 4.78 is 28.3. The standard InChI is InChI=1S/C21H29N3O2S/c1-16-14-18(21(3,4)5)15-17(2)20(16)27(25,26)24-12-10-23(11-13-24)19-8-6-7-9-22-19/h6-9,14-15H,10-13H2,1-5H3. The van der Waals surface area contributed by atoms with Crippen molar-refractivity contribution in [3.05, 3.63) is 53.2 Å². The number of anilines is 1. The molecule has 0 amide bonds. The van der Waals surface area contributed by atoms with Crippen molar-refractivity contribution in [1.82, 2.24) is 9.29 Å². The number of rotatable bonds is 3. The number of benzene rings is 1. The van der Waals surface area contributed by atoms with Crippen LogP contribution in [0.2, 0.25) is 0 Å². The van der Waals surface area contributed by atoms with Gasteiger partial charge in [0.1, 0.15) is 5.82 Å². The van der Waals surface area contributed by atoms with Crippen molar-refractivity contribution < 1.29 is 8.42 Å². The third-order valence-electron chi connectivity index (χ3n) is 5.14. The molecule has 0 bridgehead atoms. The van der Waals surface area contributed by atoms with Crippen LogP contribution >= 0.6 is 0 Å². The molecule has 5 nitrogen and oxygen atoms in total. The summed E-state index contributed by atoms with van der Waals surface area (Å²) >= 11 is 0. The van der Waals surface area contributed by atoms with Gasteiger partial charge in [-0.05, 0) is 48.1 Å². The van der Waals surface area contributed by atoms with Crippen LogP contribution in [-0.2, 0) is 15.4 Å². The third kappa shape index (κ3) is 4.01. The molecular formula is C21H29N3O2S. The first-order valence-corrected chi connectivity index (χ1v) is 10.8. The van der Waals surface area contributed by atoms with Gasteiger partial charge in [-0.1, -0.05) is 39.0 Å². The lowest BCUT2D eigenvalue weighted by molar-refractivity contribution is 0.383. The number of aromatic nitrogens is 1. The summed E-state index contributed by atoms with van der Waals surface area (Å²) in [7, 11) is -3.50. The Labute approximate surface area is 163 Å². The fraction of sp³-hybridized carbons (Fsp3) is 0.476. The molecule has 27 heavy (non-hydrogen) atoms. The van der Waals surface area contributed by atoms with E-state index in [9.17, 15) is 8.42 Å². The molecule has 0 aliphatic carbocycles. The van der Waals surface area contributed by atoms with Gasteiger partial charge in [0, 0.05) is 32.4 Å². The minimum Gasteiger partial charge on any atom is -0.354 e. The molecule has 0 unspecified atom stereocenters. The zero-order chi connectivity index (χ0) is 19.8.